The van der Waals surface area contributed by atoms with Crippen molar-refractivity contribution in [1.82, 2.24) is 0 Å². The van der Waals surface area contributed by atoms with Gasteiger partial charge >= 0.3 is 5.97 Å². The predicted molar refractivity (Wildman–Crippen MR) is 83.9 cm³/mol. The zero-order valence-corrected chi connectivity index (χ0v) is 12.0. The van der Waals surface area contributed by atoms with Gasteiger partial charge in [0.1, 0.15) is 0 Å². The first kappa shape index (κ1) is 16.1. The van der Waals surface area contributed by atoms with Crippen LogP contribution in [0.3, 0.4) is 0 Å². The lowest BCUT2D eigenvalue weighted by atomic mass is 10.1. The van der Waals surface area contributed by atoms with E-state index in [9.17, 15) is 19.7 Å². The van der Waals surface area contributed by atoms with E-state index in [0.717, 1.165) is 11.6 Å². The second kappa shape index (κ2) is 7.65. The van der Waals surface area contributed by atoms with Gasteiger partial charge in [-0.25, -0.2) is 4.79 Å². The fourth-order valence-corrected chi connectivity index (χ4v) is 1.79. The Labute approximate surface area is 132 Å². The molecule has 0 radical (unpaired) electrons. The van der Waals surface area contributed by atoms with Gasteiger partial charge in [0.25, 0.3) is 5.69 Å². The summed E-state index contributed by atoms with van der Waals surface area (Å²) in [4.78, 5) is 33.5. The van der Waals surface area contributed by atoms with Crippen LogP contribution in [0.5, 0.6) is 0 Å². The van der Waals surface area contributed by atoms with Crippen LogP contribution in [-0.2, 0) is 9.53 Å². The number of rotatable bonds is 6. The molecule has 0 fully saturated rings. The van der Waals surface area contributed by atoms with Crippen molar-refractivity contribution in [3.05, 3.63) is 81.9 Å². The second-order valence-corrected chi connectivity index (χ2v) is 4.58. The maximum absolute atomic E-state index is 11.9. The van der Waals surface area contributed by atoms with Crippen LogP contribution in [0.4, 0.5) is 5.69 Å². The monoisotopic (exact) mass is 311 g/mol. The number of carbonyl (C=O) groups is 2. The second-order valence-electron chi connectivity index (χ2n) is 4.58. The Morgan fingerprint density at radius 3 is 2.52 bits per heavy atom. The van der Waals surface area contributed by atoms with Gasteiger partial charge in [-0.1, -0.05) is 42.5 Å². The third kappa shape index (κ3) is 4.89. The molecule has 6 heteroatoms. The number of esters is 1. The van der Waals surface area contributed by atoms with Crippen LogP contribution in [0.25, 0.3) is 6.08 Å². The lowest BCUT2D eigenvalue weighted by molar-refractivity contribution is -0.384. The van der Waals surface area contributed by atoms with E-state index in [2.05, 4.69) is 0 Å². The van der Waals surface area contributed by atoms with Crippen LogP contribution in [0.15, 0.2) is 60.7 Å². The van der Waals surface area contributed by atoms with Crippen LogP contribution in [0.2, 0.25) is 0 Å². The van der Waals surface area contributed by atoms with Gasteiger partial charge in [-0.2, -0.15) is 0 Å². The standard InChI is InChI=1S/C17H13NO5/c19-16(14-7-4-8-15(11-14)18(21)22)12-23-17(20)10-9-13-5-2-1-3-6-13/h1-11H,12H2. The largest absolute Gasteiger partial charge is 0.454 e. The lowest BCUT2D eigenvalue weighted by Crippen LogP contribution is -2.12. The molecule has 2 aromatic carbocycles. The normalized spacial score (nSPS) is 10.4. The number of carbonyl (C=O) groups excluding carboxylic acids is 2. The summed E-state index contributed by atoms with van der Waals surface area (Å²) in [5.41, 5.74) is 0.764. The predicted octanol–water partition coefficient (Wildman–Crippen LogP) is 3.03. The van der Waals surface area contributed by atoms with Crippen LogP contribution in [-0.4, -0.2) is 23.3 Å². The van der Waals surface area contributed by atoms with Crippen molar-refractivity contribution in [1.29, 1.82) is 0 Å². The number of nitro benzene ring substituents is 1. The molecule has 23 heavy (non-hydrogen) atoms. The molecular formula is C17H13NO5. The highest BCUT2D eigenvalue weighted by atomic mass is 16.6. The first-order valence-corrected chi connectivity index (χ1v) is 6.74. The van der Waals surface area contributed by atoms with Crippen molar-refractivity contribution in [2.45, 2.75) is 0 Å². The molecule has 0 atom stereocenters. The maximum atomic E-state index is 11.9. The number of Topliss-reactive ketones (excluding diaryl/α,β-unsaturated/α-hetero) is 1. The summed E-state index contributed by atoms with van der Waals surface area (Å²) >= 11 is 0. The Balaban J connectivity index is 1.91. The first-order valence-electron chi connectivity index (χ1n) is 6.74. The quantitative estimate of drug-likeness (QED) is 0.269. The van der Waals surface area contributed by atoms with Crippen molar-refractivity contribution >= 4 is 23.5 Å². The zero-order chi connectivity index (χ0) is 16.7. The maximum Gasteiger partial charge on any atom is 0.331 e. The van der Waals surface area contributed by atoms with Gasteiger partial charge in [0.05, 0.1) is 4.92 Å². The smallest absolute Gasteiger partial charge is 0.331 e. The van der Waals surface area contributed by atoms with E-state index in [1.54, 1.807) is 6.08 Å². The van der Waals surface area contributed by atoms with Gasteiger partial charge in [-0.15, -0.1) is 0 Å². The average Bonchev–Trinajstić information content (AvgIpc) is 2.58. The molecule has 0 N–H and O–H groups in total. The van der Waals surface area contributed by atoms with Crippen LogP contribution >= 0.6 is 0 Å². The number of hydrogen-bond acceptors (Lipinski definition) is 5. The summed E-state index contributed by atoms with van der Waals surface area (Å²) in [6.45, 7) is -0.473. The summed E-state index contributed by atoms with van der Waals surface area (Å²) in [6, 6.07) is 14.4. The summed E-state index contributed by atoms with van der Waals surface area (Å²) in [6.07, 6.45) is 2.79. The Morgan fingerprint density at radius 2 is 1.83 bits per heavy atom. The number of ketones is 1. The van der Waals surface area contributed by atoms with Gasteiger partial charge in [-0.3, -0.25) is 14.9 Å². The topological polar surface area (TPSA) is 86.5 Å². The number of hydrogen-bond donors (Lipinski definition) is 0. The molecule has 2 rings (SSSR count). The number of non-ortho nitro benzene ring substituents is 1. The highest BCUT2D eigenvalue weighted by Gasteiger charge is 2.12. The Bertz CT molecular complexity index is 753. The van der Waals surface area contributed by atoms with Crippen LogP contribution in [0, 0.1) is 10.1 Å². The van der Waals surface area contributed by atoms with Crippen LogP contribution in [0.1, 0.15) is 15.9 Å². The van der Waals surface area contributed by atoms with Gasteiger partial charge in [0.15, 0.2) is 6.61 Å². The molecular weight excluding hydrogens is 298 g/mol. The molecule has 0 spiro atoms. The molecule has 116 valence electrons. The number of nitrogens with zero attached hydrogens (tertiary/aromatic N) is 1. The molecule has 0 bridgehead atoms. The third-order valence-corrected chi connectivity index (χ3v) is 2.94. The van der Waals surface area contributed by atoms with Gasteiger partial charge in [-0.05, 0) is 11.6 Å². The van der Waals surface area contributed by atoms with Gasteiger partial charge < -0.3 is 4.74 Å². The van der Waals surface area contributed by atoms with Crippen molar-refractivity contribution in [2.24, 2.45) is 0 Å². The minimum Gasteiger partial charge on any atom is -0.454 e. The minimum atomic E-state index is -0.660. The molecule has 0 aliphatic carbocycles. The summed E-state index contributed by atoms with van der Waals surface area (Å²) < 4.78 is 4.84. The summed E-state index contributed by atoms with van der Waals surface area (Å²) in [7, 11) is 0. The Hall–Kier alpha value is -3.28. The van der Waals surface area contributed by atoms with E-state index in [4.69, 9.17) is 4.74 Å². The molecule has 6 nitrogen and oxygen atoms in total. The molecule has 0 heterocycles. The molecule has 2 aromatic rings. The Kier molecular flexibility index (Phi) is 5.35. The number of ether oxygens (including phenoxy) is 1. The molecule has 0 aliphatic heterocycles. The molecule has 0 saturated carbocycles. The molecule has 0 amide bonds. The minimum absolute atomic E-state index is 0.124. The summed E-state index contributed by atoms with van der Waals surface area (Å²) in [5, 5.41) is 10.7. The van der Waals surface area contributed by atoms with E-state index in [1.807, 2.05) is 30.3 Å². The highest BCUT2D eigenvalue weighted by molar-refractivity contribution is 5.99. The molecule has 0 unspecified atom stereocenters. The van der Waals surface area contributed by atoms with Gasteiger partial charge in [0, 0.05) is 23.8 Å². The zero-order valence-electron chi connectivity index (χ0n) is 12.0. The van der Waals surface area contributed by atoms with Crippen molar-refractivity contribution in [3.8, 4) is 0 Å². The molecule has 0 aromatic heterocycles. The fraction of sp³-hybridized carbons (Fsp3) is 0.0588. The SMILES string of the molecule is O=C(C=Cc1ccccc1)OCC(=O)c1cccc([N+](=O)[O-])c1. The van der Waals surface area contributed by atoms with Crippen molar-refractivity contribution < 1.29 is 19.2 Å². The van der Waals surface area contributed by atoms with E-state index < -0.39 is 23.3 Å². The highest BCUT2D eigenvalue weighted by Crippen LogP contribution is 2.13. The first-order chi connectivity index (χ1) is 11.1. The molecule has 0 saturated heterocycles. The Morgan fingerprint density at radius 1 is 1.09 bits per heavy atom. The van der Waals surface area contributed by atoms with E-state index in [-0.39, 0.29) is 11.3 Å². The third-order valence-electron chi connectivity index (χ3n) is 2.94. The van der Waals surface area contributed by atoms with Gasteiger partial charge in [0.2, 0.25) is 5.78 Å². The van der Waals surface area contributed by atoms with Crippen LogP contribution < -0.4 is 0 Å². The van der Waals surface area contributed by atoms with Crippen molar-refractivity contribution in [2.75, 3.05) is 6.61 Å². The average molecular weight is 311 g/mol. The fourth-order valence-electron chi connectivity index (χ4n) is 1.79. The summed E-state index contributed by atoms with van der Waals surface area (Å²) in [5.74, 6) is -1.16. The lowest BCUT2D eigenvalue weighted by Gasteiger charge is -2.02. The van der Waals surface area contributed by atoms with E-state index in [1.165, 1.54) is 24.3 Å². The molecule has 0 aliphatic rings. The number of nitro groups is 1. The van der Waals surface area contributed by atoms with E-state index >= 15 is 0 Å². The van der Waals surface area contributed by atoms with E-state index in [0.29, 0.717) is 0 Å². The van der Waals surface area contributed by atoms with Crippen molar-refractivity contribution in [3.63, 3.8) is 0 Å². The number of benzene rings is 2.